The van der Waals surface area contributed by atoms with E-state index in [1.165, 1.54) is 11.1 Å². The van der Waals surface area contributed by atoms with Gasteiger partial charge in [0.2, 0.25) is 0 Å². The van der Waals surface area contributed by atoms with Crippen LogP contribution in [0.2, 0.25) is 0 Å². The normalized spacial score (nSPS) is 32.5. The number of piperidine rings is 1. The molecule has 5 rings (SSSR count). The first-order chi connectivity index (χ1) is 19.5. The lowest BCUT2D eigenvalue weighted by atomic mass is 9.52. The van der Waals surface area contributed by atoms with Gasteiger partial charge in [0.15, 0.2) is 0 Å². The molecule has 0 spiro atoms. The Kier molecular flexibility index (Phi) is 9.81. The zero-order valence-corrected chi connectivity index (χ0v) is 26.0. The van der Waals surface area contributed by atoms with Crippen molar-refractivity contribution in [2.45, 2.75) is 115 Å². The molecule has 0 amide bonds. The average Bonchev–Trinajstić information content (AvgIpc) is 3.22. The molecule has 0 bridgehead atoms. The molecule has 230 valence electrons. The number of rotatable bonds is 10. The molecular weight excluding hydrogens is 541 g/mol. The number of halogens is 1. The Morgan fingerprint density at radius 2 is 1.90 bits per heavy atom. The number of aliphatic hydroxyl groups excluding tert-OH is 1. The fourth-order valence-electron chi connectivity index (χ4n) is 8.52. The van der Waals surface area contributed by atoms with Gasteiger partial charge in [0, 0.05) is 22.3 Å². The summed E-state index contributed by atoms with van der Waals surface area (Å²) in [6, 6.07) is 6.11. The predicted molar refractivity (Wildman–Crippen MR) is 160 cm³/mol. The molecule has 1 aromatic carbocycles. The summed E-state index contributed by atoms with van der Waals surface area (Å²) in [7, 11) is -0.929. The number of hydrogen-bond donors (Lipinski definition) is 2. The Morgan fingerprint density at radius 1 is 1.15 bits per heavy atom. The van der Waals surface area contributed by atoms with Crippen LogP contribution in [0.15, 0.2) is 18.2 Å². The first kappa shape index (κ1) is 30.9. The second kappa shape index (κ2) is 13.0. The van der Waals surface area contributed by atoms with E-state index in [9.17, 15) is 18.5 Å². The molecule has 1 aliphatic heterocycles. The van der Waals surface area contributed by atoms with Gasteiger partial charge >= 0.3 is 6.16 Å². The van der Waals surface area contributed by atoms with Crippen LogP contribution in [-0.2, 0) is 22.0 Å². The number of fused-ring (bicyclic) bond motifs is 5. The number of nitrogens with one attached hydrogen (secondary N) is 1. The van der Waals surface area contributed by atoms with Crippen LogP contribution in [0.25, 0.3) is 0 Å². The number of benzene rings is 1. The van der Waals surface area contributed by atoms with Gasteiger partial charge < -0.3 is 19.9 Å². The monoisotopic (exact) mass is 591 g/mol. The fourth-order valence-corrected chi connectivity index (χ4v) is 9.68. The summed E-state index contributed by atoms with van der Waals surface area (Å²) in [5, 5.41) is 14.2. The second-order valence-electron chi connectivity index (χ2n) is 14.0. The molecule has 3 aliphatic carbocycles. The van der Waals surface area contributed by atoms with Crippen LogP contribution >= 0.6 is 0 Å². The number of aliphatic hydroxyl groups is 1. The minimum Gasteiger partial charge on any atom is -0.431 e. The van der Waals surface area contributed by atoms with E-state index in [-0.39, 0.29) is 17.6 Å². The van der Waals surface area contributed by atoms with E-state index in [0.717, 1.165) is 70.9 Å². The molecule has 3 fully saturated rings. The summed E-state index contributed by atoms with van der Waals surface area (Å²) < 4.78 is 37.7. The van der Waals surface area contributed by atoms with E-state index in [1.54, 1.807) is 13.8 Å². The van der Waals surface area contributed by atoms with E-state index in [0.29, 0.717) is 53.8 Å². The standard InChI is InChI=1S/C33H50FNO5S/c1-32(2,34)14-5-19-41(38)18-4-6-22-20-23-21-25(40-31(37)39-24-12-16-35-17-13-24)7-8-26(23)27-11-15-33(3)28(30(22)27)9-10-29(33)36/h7-8,21-22,24,27-30,35-36H,4-6,9-20H2,1-3H3/t22-,27-,28+,29+,30-,33+,41?/m1/s1. The van der Waals surface area contributed by atoms with Gasteiger partial charge in [0.25, 0.3) is 0 Å². The Labute approximate surface area is 248 Å². The number of carbonyl (C=O) groups is 1. The van der Waals surface area contributed by atoms with Crippen molar-refractivity contribution in [2.75, 3.05) is 24.6 Å². The van der Waals surface area contributed by atoms with Gasteiger partial charge in [-0.25, -0.2) is 9.18 Å². The summed E-state index contributed by atoms with van der Waals surface area (Å²) in [4.78, 5) is 12.5. The third-order valence-corrected chi connectivity index (χ3v) is 12.2. The molecule has 2 N–H and O–H groups in total. The lowest BCUT2D eigenvalue weighted by Crippen LogP contribution is -2.47. The average molecular weight is 592 g/mol. The molecule has 41 heavy (non-hydrogen) atoms. The molecule has 7 atom stereocenters. The van der Waals surface area contributed by atoms with Crippen LogP contribution in [0, 0.1) is 23.2 Å². The summed E-state index contributed by atoms with van der Waals surface area (Å²) in [5.41, 5.74) is 1.38. The molecule has 1 unspecified atom stereocenters. The minimum absolute atomic E-state index is 0.0274. The number of alkyl halides is 1. The smallest absolute Gasteiger partial charge is 0.431 e. The molecule has 4 aliphatic rings. The van der Waals surface area contributed by atoms with Crippen molar-refractivity contribution in [3.05, 3.63) is 29.3 Å². The van der Waals surface area contributed by atoms with Crippen LogP contribution in [0.4, 0.5) is 9.18 Å². The van der Waals surface area contributed by atoms with Gasteiger partial charge in [-0.15, -0.1) is 0 Å². The third-order valence-electron chi connectivity index (χ3n) is 10.7. The van der Waals surface area contributed by atoms with Crippen molar-refractivity contribution in [3.8, 4) is 5.75 Å². The summed E-state index contributed by atoms with van der Waals surface area (Å²) in [6.45, 7) is 7.16. The fraction of sp³-hybridized carbons (Fsp3) is 0.788. The topological polar surface area (TPSA) is 84.9 Å². The predicted octanol–water partition coefficient (Wildman–Crippen LogP) is 6.45. The highest BCUT2D eigenvalue weighted by atomic mass is 32.2. The highest BCUT2D eigenvalue weighted by Gasteiger charge is 2.56. The third kappa shape index (κ3) is 7.35. The van der Waals surface area contributed by atoms with Crippen molar-refractivity contribution >= 4 is 17.0 Å². The highest BCUT2D eigenvalue weighted by Crippen LogP contribution is 2.62. The van der Waals surface area contributed by atoms with Crippen LogP contribution in [0.3, 0.4) is 0 Å². The Hall–Kier alpha value is -1.51. The molecule has 0 aromatic heterocycles. The molecule has 1 aromatic rings. The zero-order valence-electron chi connectivity index (χ0n) is 25.2. The lowest BCUT2D eigenvalue weighted by Gasteiger charge is -2.53. The lowest BCUT2D eigenvalue weighted by molar-refractivity contribution is -0.0393. The van der Waals surface area contributed by atoms with Crippen molar-refractivity contribution in [1.29, 1.82) is 0 Å². The quantitative estimate of drug-likeness (QED) is 0.240. The first-order valence-electron chi connectivity index (χ1n) is 16.0. The van der Waals surface area contributed by atoms with E-state index in [4.69, 9.17) is 9.47 Å². The summed E-state index contributed by atoms with van der Waals surface area (Å²) in [6.07, 6.45) is 8.56. The maximum absolute atomic E-state index is 13.8. The van der Waals surface area contributed by atoms with Crippen LogP contribution < -0.4 is 10.1 Å². The van der Waals surface area contributed by atoms with Crippen LogP contribution in [0.1, 0.15) is 102 Å². The van der Waals surface area contributed by atoms with Gasteiger partial charge in [-0.1, -0.05) is 13.0 Å². The minimum atomic E-state index is -1.21. The van der Waals surface area contributed by atoms with Gasteiger partial charge in [-0.3, -0.25) is 4.21 Å². The molecule has 0 radical (unpaired) electrons. The largest absolute Gasteiger partial charge is 0.514 e. The van der Waals surface area contributed by atoms with Gasteiger partial charge in [-0.05, 0) is 150 Å². The highest BCUT2D eigenvalue weighted by molar-refractivity contribution is 7.84. The first-order valence-corrected chi connectivity index (χ1v) is 17.5. The number of hydrogen-bond acceptors (Lipinski definition) is 6. The summed E-state index contributed by atoms with van der Waals surface area (Å²) in [5.74, 6) is 3.60. The SMILES string of the molecule is CC(C)(F)CCCS(=O)CCC[C@@H]1Cc2cc(OC(=O)OC3CCNCC3)ccc2[C@H]2CC[C@]3(C)[C@@H](O)CC[C@H]3[C@H]12. The molecule has 6 nitrogen and oxygen atoms in total. The van der Waals surface area contributed by atoms with E-state index >= 15 is 0 Å². The second-order valence-corrected chi connectivity index (χ2v) is 15.7. The number of ether oxygens (including phenoxy) is 2. The van der Waals surface area contributed by atoms with Gasteiger partial charge in [0.1, 0.15) is 17.5 Å². The molecule has 1 heterocycles. The Balaban J connectivity index is 1.27. The molecule has 8 heteroatoms. The maximum Gasteiger partial charge on any atom is 0.514 e. The zero-order chi connectivity index (χ0) is 29.2. The Morgan fingerprint density at radius 3 is 2.66 bits per heavy atom. The summed E-state index contributed by atoms with van der Waals surface area (Å²) >= 11 is 0. The van der Waals surface area contributed by atoms with Gasteiger partial charge in [0.05, 0.1) is 6.10 Å². The van der Waals surface area contributed by atoms with Gasteiger partial charge in [-0.2, -0.15) is 0 Å². The van der Waals surface area contributed by atoms with E-state index in [2.05, 4.69) is 18.3 Å². The van der Waals surface area contributed by atoms with E-state index < -0.39 is 22.6 Å². The maximum atomic E-state index is 13.8. The van der Waals surface area contributed by atoms with Crippen LogP contribution in [0.5, 0.6) is 5.75 Å². The molecule has 2 saturated carbocycles. The van der Waals surface area contributed by atoms with Crippen molar-refractivity contribution < 1.29 is 28.0 Å². The molecule has 1 saturated heterocycles. The van der Waals surface area contributed by atoms with Crippen LogP contribution in [-0.4, -0.2) is 57.9 Å². The van der Waals surface area contributed by atoms with E-state index in [1.807, 2.05) is 12.1 Å². The molecular formula is C33H50FNO5S. The number of carbonyl (C=O) groups excluding carboxylic acids is 1. The van der Waals surface area contributed by atoms with Crippen molar-refractivity contribution in [3.63, 3.8) is 0 Å². The van der Waals surface area contributed by atoms with Crippen molar-refractivity contribution in [1.82, 2.24) is 5.32 Å². The Bertz CT molecular complexity index is 1090. The van der Waals surface area contributed by atoms with Crippen molar-refractivity contribution in [2.24, 2.45) is 23.2 Å².